The monoisotopic (exact) mass is 391 g/mol. The van der Waals surface area contributed by atoms with Crippen molar-refractivity contribution in [2.45, 2.75) is 13.8 Å². The normalized spacial score (nSPS) is 10.3. The molecular formula is C16H15BrFN5O. The molecule has 0 fully saturated rings. The van der Waals surface area contributed by atoms with Gasteiger partial charge in [-0.05, 0) is 46.1 Å². The van der Waals surface area contributed by atoms with Crippen molar-refractivity contribution in [3.8, 4) is 6.07 Å². The van der Waals surface area contributed by atoms with E-state index in [-0.39, 0.29) is 11.7 Å². The maximum Gasteiger partial charge on any atom is 0.269 e. The molecule has 2 rings (SSSR count). The highest BCUT2D eigenvalue weighted by Gasteiger charge is 2.18. The Bertz CT molecular complexity index is 773. The lowest BCUT2D eigenvalue weighted by Gasteiger charge is -2.26. The Morgan fingerprint density at radius 2 is 2.08 bits per heavy atom. The van der Waals surface area contributed by atoms with Crippen molar-refractivity contribution < 1.29 is 9.18 Å². The van der Waals surface area contributed by atoms with Gasteiger partial charge in [-0.15, -0.1) is 0 Å². The van der Waals surface area contributed by atoms with Gasteiger partial charge in [0.1, 0.15) is 11.9 Å². The van der Waals surface area contributed by atoms with Gasteiger partial charge in [-0.2, -0.15) is 10.2 Å². The van der Waals surface area contributed by atoms with Gasteiger partial charge in [-0.3, -0.25) is 15.2 Å². The van der Waals surface area contributed by atoms with E-state index in [9.17, 15) is 9.18 Å². The van der Waals surface area contributed by atoms with Gasteiger partial charge in [-0.1, -0.05) is 13.8 Å². The zero-order chi connectivity index (χ0) is 17.7. The minimum atomic E-state index is -0.414. The van der Waals surface area contributed by atoms with Crippen molar-refractivity contribution in [1.82, 2.24) is 15.4 Å². The molecule has 1 aromatic heterocycles. The smallest absolute Gasteiger partial charge is 0.267 e. The van der Waals surface area contributed by atoms with Gasteiger partial charge in [0.25, 0.3) is 5.91 Å². The molecule has 1 aromatic carbocycles. The second kappa shape index (κ2) is 7.84. The molecular weight excluding hydrogens is 377 g/mol. The molecule has 24 heavy (non-hydrogen) atoms. The van der Waals surface area contributed by atoms with E-state index in [2.05, 4.69) is 31.3 Å². The second-order valence-corrected chi connectivity index (χ2v) is 6.28. The summed E-state index contributed by atoms with van der Waals surface area (Å²) in [5.74, 6) is -0.225. The van der Waals surface area contributed by atoms with Crippen LogP contribution < -0.4 is 10.4 Å². The Kier molecular flexibility index (Phi) is 5.82. The third-order valence-corrected chi connectivity index (χ3v) is 3.53. The molecule has 0 radical (unpaired) electrons. The van der Waals surface area contributed by atoms with E-state index in [1.165, 1.54) is 30.5 Å². The van der Waals surface area contributed by atoms with Gasteiger partial charge in [0.2, 0.25) is 5.82 Å². The highest BCUT2D eigenvalue weighted by molar-refractivity contribution is 9.10. The van der Waals surface area contributed by atoms with Crippen molar-refractivity contribution in [2.75, 3.05) is 11.6 Å². The summed E-state index contributed by atoms with van der Waals surface area (Å²) >= 11 is 3.33. The van der Waals surface area contributed by atoms with Crippen LogP contribution in [0.2, 0.25) is 0 Å². The standard InChI is InChI=1S/C16H15BrFN5O/c1-10(2)9-23(15-13(17)8-20-14(7-19)21-15)22-16(24)11-3-5-12(18)6-4-11/h3-6,8,10H,9H2,1-2H3,(H,22,24). The number of hydrazine groups is 1. The van der Waals surface area contributed by atoms with E-state index >= 15 is 0 Å². The van der Waals surface area contributed by atoms with Crippen molar-refractivity contribution in [1.29, 1.82) is 5.26 Å². The fraction of sp³-hybridized carbons (Fsp3) is 0.250. The topological polar surface area (TPSA) is 81.9 Å². The zero-order valence-corrected chi connectivity index (χ0v) is 14.7. The van der Waals surface area contributed by atoms with Crippen LogP contribution in [0.4, 0.5) is 10.2 Å². The van der Waals surface area contributed by atoms with E-state index < -0.39 is 11.7 Å². The molecule has 6 nitrogen and oxygen atoms in total. The van der Waals surface area contributed by atoms with Gasteiger partial charge in [0, 0.05) is 18.3 Å². The third-order valence-electron chi connectivity index (χ3n) is 2.97. The Morgan fingerprint density at radius 3 is 2.67 bits per heavy atom. The van der Waals surface area contributed by atoms with E-state index in [4.69, 9.17) is 5.26 Å². The van der Waals surface area contributed by atoms with Crippen LogP contribution in [0.1, 0.15) is 30.0 Å². The maximum absolute atomic E-state index is 13.0. The molecule has 1 N–H and O–H groups in total. The summed E-state index contributed by atoms with van der Waals surface area (Å²) in [6.45, 7) is 4.43. The van der Waals surface area contributed by atoms with Crippen molar-refractivity contribution in [3.63, 3.8) is 0 Å². The van der Waals surface area contributed by atoms with Crippen LogP contribution in [0.15, 0.2) is 34.9 Å². The van der Waals surface area contributed by atoms with E-state index in [1.807, 2.05) is 19.9 Å². The molecule has 124 valence electrons. The highest BCUT2D eigenvalue weighted by atomic mass is 79.9. The number of amides is 1. The summed E-state index contributed by atoms with van der Waals surface area (Å²) in [7, 11) is 0. The number of nitrogens with one attached hydrogen (secondary N) is 1. The van der Waals surface area contributed by atoms with Crippen LogP contribution >= 0.6 is 15.9 Å². The zero-order valence-electron chi connectivity index (χ0n) is 13.1. The van der Waals surface area contributed by atoms with Gasteiger partial charge < -0.3 is 0 Å². The number of nitrogens with zero attached hydrogens (tertiary/aromatic N) is 4. The number of carbonyl (C=O) groups excluding carboxylic acids is 1. The Morgan fingerprint density at radius 1 is 1.42 bits per heavy atom. The quantitative estimate of drug-likeness (QED) is 0.791. The number of hydrogen-bond donors (Lipinski definition) is 1. The van der Waals surface area contributed by atoms with Gasteiger partial charge >= 0.3 is 0 Å². The minimum Gasteiger partial charge on any atom is -0.267 e. The first-order chi connectivity index (χ1) is 11.4. The molecule has 0 spiro atoms. The minimum absolute atomic E-state index is 0.00186. The van der Waals surface area contributed by atoms with Crippen molar-refractivity contribution >= 4 is 27.7 Å². The molecule has 0 atom stereocenters. The van der Waals surface area contributed by atoms with Crippen molar-refractivity contribution in [2.24, 2.45) is 5.92 Å². The molecule has 0 aliphatic carbocycles. The summed E-state index contributed by atoms with van der Waals surface area (Å²) in [5, 5.41) is 10.5. The molecule has 8 heteroatoms. The Labute approximate surface area is 147 Å². The second-order valence-electron chi connectivity index (χ2n) is 5.43. The maximum atomic E-state index is 13.0. The highest BCUT2D eigenvalue weighted by Crippen LogP contribution is 2.23. The summed E-state index contributed by atoms with van der Waals surface area (Å²) in [4.78, 5) is 20.4. The molecule has 0 aliphatic heterocycles. The molecule has 0 saturated heterocycles. The van der Waals surface area contributed by atoms with Crippen molar-refractivity contribution in [3.05, 3.63) is 52.1 Å². The average molecular weight is 392 g/mol. The molecule has 0 saturated carbocycles. The first-order valence-electron chi connectivity index (χ1n) is 7.17. The fourth-order valence-electron chi connectivity index (χ4n) is 1.94. The molecule has 1 heterocycles. The number of carbonyl (C=O) groups is 1. The van der Waals surface area contributed by atoms with Crippen LogP contribution in [0.25, 0.3) is 0 Å². The van der Waals surface area contributed by atoms with Crippen LogP contribution in [-0.4, -0.2) is 22.4 Å². The Balaban J connectivity index is 2.30. The lowest BCUT2D eigenvalue weighted by Crippen LogP contribution is -2.45. The van der Waals surface area contributed by atoms with Gasteiger partial charge in [0.15, 0.2) is 5.82 Å². The summed E-state index contributed by atoms with van der Waals surface area (Å²) in [6, 6.07) is 7.10. The summed E-state index contributed by atoms with van der Waals surface area (Å²) < 4.78 is 13.5. The number of halogens is 2. The SMILES string of the molecule is CC(C)CN(NC(=O)c1ccc(F)cc1)c1nc(C#N)ncc1Br. The molecule has 0 bridgehead atoms. The predicted molar refractivity (Wildman–Crippen MR) is 90.5 cm³/mol. The van der Waals surface area contributed by atoms with Crippen LogP contribution in [0.5, 0.6) is 0 Å². The van der Waals surface area contributed by atoms with E-state index in [0.29, 0.717) is 22.4 Å². The van der Waals surface area contributed by atoms with Gasteiger partial charge in [-0.25, -0.2) is 9.37 Å². The number of rotatable bonds is 5. The molecule has 2 aromatic rings. The number of nitriles is 1. The van der Waals surface area contributed by atoms with Crippen LogP contribution in [0, 0.1) is 23.1 Å². The lowest BCUT2D eigenvalue weighted by atomic mass is 10.2. The largest absolute Gasteiger partial charge is 0.269 e. The van der Waals surface area contributed by atoms with Crippen LogP contribution in [-0.2, 0) is 0 Å². The number of anilines is 1. The lowest BCUT2D eigenvalue weighted by molar-refractivity contribution is 0.0947. The van der Waals surface area contributed by atoms with E-state index in [0.717, 1.165) is 0 Å². The molecule has 0 unspecified atom stereocenters. The average Bonchev–Trinajstić information content (AvgIpc) is 2.55. The fourth-order valence-corrected chi connectivity index (χ4v) is 2.34. The van der Waals surface area contributed by atoms with Gasteiger partial charge in [0.05, 0.1) is 4.47 Å². The predicted octanol–water partition coefficient (Wildman–Crippen LogP) is 3.06. The van der Waals surface area contributed by atoms with Crippen LogP contribution in [0.3, 0.4) is 0 Å². The van der Waals surface area contributed by atoms with E-state index in [1.54, 1.807) is 5.01 Å². The Hall–Kier alpha value is -2.53. The number of aromatic nitrogens is 2. The summed E-state index contributed by atoms with van der Waals surface area (Å²) in [6.07, 6.45) is 1.46. The molecule has 0 aliphatic rings. The number of hydrogen-bond acceptors (Lipinski definition) is 5. The third kappa shape index (κ3) is 4.49. The first-order valence-corrected chi connectivity index (χ1v) is 7.96. The first kappa shape index (κ1) is 17.8. The number of benzene rings is 1. The molecule has 1 amide bonds. The summed E-state index contributed by atoms with van der Waals surface area (Å²) in [5.41, 5.74) is 3.05.